The van der Waals surface area contributed by atoms with E-state index in [2.05, 4.69) is 19.9 Å². The molecular weight excluding hydrogens is 148 g/mol. The summed E-state index contributed by atoms with van der Waals surface area (Å²) in [6, 6.07) is 1.91. The van der Waals surface area contributed by atoms with Crippen LogP contribution in [0.5, 0.6) is 0 Å². The quantitative estimate of drug-likeness (QED) is 0.647. The van der Waals surface area contributed by atoms with Crippen molar-refractivity contribution in [1.29, 1.82) is 5.26 Å². The van der Waals surface area contributed by atoms with E-state index in [1.807, 2.05) is 0 Å². The van der Waals surface area contributed by atoms with Crippen molar-refractivity contribution in [2.45, 2.75) is 39.2 Å². The molecule has 0 saturated heterocycles. The number of nitrogens with zero attached hydrogens (tertiary/aromatic N) is 1. The Labute approximate surface area is 74.8 Å². The lowest BCUT2D eigenvalue weighted by Crippen LogP contribution is -2.34. The predicted octanol–water partition coefficient (Wildman–Crippen LogP) is 1.91. The van der Waals surface area contributed by atoms with Gasteiger partial charge in [-0.15, -0.1) is 0 Å². The molecule has 68 valence electrons. The lowest BCUT2D eigenvalue weighted by molar-refractivity contribution is 0.208. The molecular formula is C10H18N2. The number of hydrogen-bond donors (Lipinski definition) is 1. The van der Waals surface area contributed by atoms with Crippen LogP contribution in [0.15, 0.2) is 0 Å². The average Bonchev–Trinajstić information content (AvgIpc) is 2.01. The first-order valence-corrected chi connectivity index (χ1v) is 4.78. The molecule has 0 radical (unpaired) electrons. The van der Waals surface area contributed by atoms with Crippen molar-refractivity contribution in [3.05, 3.63) is 0 Å². The number of nitrogens with two attached hydrogens (primary N) is 1. The molecule has 1 fully saturated rings. The first kappa shape index (κ1) is 9.54. The second kappa shape index (κ2) is 3.91. The molecule has 1 unspecified atom stereocenters. The highest BCUT2D eigenvalue weighted by molar-refractivity contribution is 4.94. The Bertz CT molecular complexity index is 173. The fraction of sp³-hybridized carbons (Fsp3) is 0.900. The van der Waals surface area contributed by atoms with E-state index in [1.165, 1.54) is 6.42 Å². The molecule has 0 bridgehead atoms. The Morgan fingerprint density at radius 1 is 1.25 bits per heavy atom. The molecule has 0 aliphatic heterocycles. The largest absolute Gasteiger partial charge is 0.316 e. The molecule has 0 aromatic rings. The van der Waals surface area contributed by atoms with Crippen molar-refractivity contribution in [3.8, 4) is 6.07 Å². The van der Waals surface area contributed by atoms with Crippen LogP contribution in [0, 0.1) is 29.1 Å². The molecule has 2 heteroatoms. The van der Waals surface area contributed by atoms with Crippen LogP contribution in [-0.2, 0) is 0 Å². The van der Waals surface area contributed by atoms with E-state index < -0.39 is 0 Å². The maximum atomic E-state index is 8.68. The van der Waals surface area contributed by atoms with Gasteiger partial charge in [0.15, 0.2) is 0 Å². The van der Waals surface area contributed by atoms with Crippen molar-refractivity contribution < 1.29 is 0 Å². The minimum absolute atomic E-state index is 0.241. The highest BCUT2D eigenvalue weighted by Crippen LogP contribution is 2.33. The van der Waals surface area contributed by atoms with Crippen LogP contribution >= 0.6 is 0 Å². The van der Waals surface area contributed by atoms with Crippen molar-refractivity contribution >= 4 is 0 Å². The first-order chi connectivity index (χ1) is 5.63. The third-order valence-electron chi connectivity index (χ3n) is 2.87. The summed E-state index contributed by atoms with van der Waals surface area (Å²) < 4.78 is 0. The zero-order valence-corrected chi connectivity index (χ0v) is 7.96. The maximum absolute atomic E-state index is 8.68. The molecule has 4 atom stereocenters. The van der Waals surface area contributed by atoms with E-state index in [9.17, 15) is 0 Å². The van der Waals surface area contributed by atoms with Gasteiger partial charge >= 0.3 is 0 Å². The van der Waals surface area contributed by atoms with Gasteiger partial charge in [0, 0.05) is 0 Å². The van der Waals surface area contributed by atoms with Gasteiger partial charge in [-0.1, -0.05) is 13.8 Å². The average molecular weight is 166 g/mol. The van der Waals surface area contributed by atoms with Crippen LogP contribution in [0.2, 0.25) is 0 Å². The second-order valence-electron chi connectivity index (χ2n) is 4.33. The Kier molecular flexibility index (Phi) is 3.11. The van der Waals surface area contributed by atoms with Gasteiger partial charge < -0.3 is 5.73 Å². The molecule has 2 nitrogen and oxygen atoms in total. The van der Waals surface area contributed by atoms with Crippen LogP contribution in [-0.4, -0.2) is 6.04 Å². The molecule has 0 aromatic carbocycles. The Balaban J connectivity index is 2.50. The van der Waals surface area contributed by atoms with Gasteiger partial charge in [0.1, 0.15) is 0 Å². The number of nitriles is 1. The SMILES string of the molecule is C[C@@H]1CC([C@H](N)C#N)C[C@H](C)C1. The predicted molar refractivity (Wildman–Crippen MR) is 49.3 cm³/mol. The molecule has 2 N–H and O–H groups in total. The molecule has 1 aliphatic carbocycles. The topological polar surface area (TPSA) is 49.8 Å². The van der Waals surface area contributed by atoms with Crippen LogP contribution < -0.4 is 5.73 Å². The van der Waals surface area contributed by atoms with E-state index in [1.54, 1.807) is 0 Å². The minimum Gasteiger partial charge on any atom is -0.316 e. The maximum Gasteiger partial charge on any atom is 0.0956 e. The van der Waals surface area contributed by atoms with Crippen molar-refractivity contribution in [2.75, 3.05) is 0 Å². The lowest BCUT2D eigenvalue weighted by Gasteiger charge is -2.32. The van der Waals surface area contributed by atoms with Crippen LogP contribution in [0.4, 0.5) is 0 Å². The summed E-state index contributed by atoms with van der Waals surface area (Å²) >= 11 is 0. The fourth-order valence-electron chi connectivity index (χ4n) is 2.41. The monoisotopic (exact) mass is 166 g/mol. The van der Waals surface area contributed by atoms with Gasteiger partial charge in [-0.3, -0.25) is 0 Å². The van der Waals surface area contributed by atoms with Gasteiger partial charge in [-0.25, -0.2) is 0 Å². The Hall–Kier alpha value is -0.550. The summed E-state index contributed by atoms with van der Waals surface area (Å²) in [4.78, 5) is 0. The van der Waals surface area contributed by atoms with Gasteiger partial charge in [0.25, 0.3) is 0 Å². The van der Waals surface area contributed by atoms with Gasteiger partial charge in [-0.2, -0.15) is 5.26 Å². The van der Waals surface area contributed by atoms with Crippen molar-refractivity contribution in [3.63, 3.8) is 0 Å². The van der Waals surface area contributed by atoms with Crippen molar-refractivity contribution in [1.82, 2.24) is 0 Å². The summed E-state index contributed by atoms with van der Waals surface area (Å²) in [6.45, 7) is 4.51. The van der Waals surface area contributed by atoms with Crippen molar-refractivity contribution in [2.24, 2.45) is 23.5 Å². The smallest absolute Gasteiger partial charge is 0.0956 e. The fourth-order valence-corrected chi connectivity index (χ4v) is 2.41. The van der Waals surface area contributed by atoms with Crippen LogP contribution in [0.3, 0.4) is 0 Å². The van der Waals surface area contributed by atoms with Gasteiger partial charge in [0.2, 0.25) is 0 Å². The van der Waals surface area contributed by atoms with Gasteiger partial charge in [0.05, 0.1) is 12.1 Å². The molecule has 1 saturated carbocycles. The highest BCUT2D eigenvalue weighted by Gasteiger charge is 2.27. The Morgan fingerprint density at radius 2 is 1.75 bits per heavy atom. The minimum atomic E-state index is -0.241. The normalized spacial score (nSPS) is 38.7. The highest BCUT2D eigenvalue weighted by atomic mass is 14.7. The molecule has 12 heavy (non-hydrogen) atoms. The Morgan fingerprint density at radius 3 is 2.17 bits per heavy atom. The number of rotatable bonds is 1. The molecule has 1 rings (SSSR count). The van der Waals surface area contributed by atoms with Crippen LogP contribution in [0.25, 0.3) is 0 Å². The third kappa shape index (κ3) is 2.22. The summed E-state index contributed by atoms with van der Waals surface area (Å²) in [5, 5.41) is 8.68. The van der Waals surface area contributed by atoms with E-state index in [0.717, 1.165) is 24.7 Å². The first-order valence-electron chi connectivity index (χ1n) is 4.78. The molecule has 0 heterocycles. The summed E-state index contributed by atoms with van der Waals surface area (Å²) in [5.41, 5.74) is 5.71. The standard InChI is InChI=1S/C10H18N2/c1-7-3-8(2)5-9(4-7)10(12)6-11/h7-10H,3-5,12H2,1-2H3/t7-,8+,9?,10-/m1/s1. The summed E-state index contributed by atoms with van der Waals surface area (Å²) in [6.07, 6.45) is 3.58. The van der Waals surface area contributed by atoms with E-state index >= 15 is 0 Å². The second-order valence-corrected chi connectivity index (χ2v) is 4.33. The zero-order chi connectivity index (χ0) is 9.14. The third-order valence-corrected chi connectivity index (χ3v) is 2.87. The van der Waals surface area contributed by atoms with E-state index in [-0.39, 0.29) is 6.04 Å². The number of hydrogen-bond acceptors (Lipinski definition) is 2. The van der Waals surface area contributed by atoms with E-state index in [4.69, 9.17) is 11.0 Å². The molecule has 0 spiro atoms. The summed E-state index contributed by atoms with van der Waals surface area (Å²) in [5.74, 6) is 1.94. The molecule has 1 aliphatic rings. The summed E-state index contributed by atoms with van der Waals surface area (Å²) in [7, 11) is 0. The lowest BCUT2D eigenvalue weighted by atomic mass is 9.74. The zero-order valence-electron chi connectivity index (χ0n) is 7.96. The van der Waals surface area contributed by atoms with Crippen LogP contribution in [0.1, 0.15) is 33.1 Å². The molecule has 0 amide bonds. The molecule has 0 aromatic heterocycles. The van der Waals surface area contributed by atoms with E-state index in [0.29, 0.717) is 5.92 Å². The van der Waals surface area contributed by atoms with Gasteiger partial charge in [-0.05, 0) is 37.0 Å².